The van der Waals surface area contributed by atoms with Gasteiger partial charge in [0.1, 0.15) is 11.2 Å². The summed E-state index contributed by atoms with van der Waals surface area (Å²) in [6.45, 7) is 10.2. The fraction of sp³-hybridized carbons (Fsp3) is 0.0312. The van der Waals surface area contributed by atoms with E-state index >= 15 is 0 Å². The van der Waals surface area contributed by atoms with Crippen LogP contribution in [0.15, 0.2) is 116 Å². The van der Waals surface area contributed by atoms with E-state index in [1.807, 2.05) is 73.9 Å². The van der Waals surface area contributed by atoms with Crippen LogP contribution in [0.1, 0.15) is 18.2 Å². The molecule has 1 aromatic carbocycles. The van der Waals surface area contributed by atoms with Crippen molar-refractivity contribution in [3.63, 3.8) is 0 Å². The molecule has 6 aromatic rings. The number of allylic oxidation sites excluding steroid dienone is 4. The molecule has 0 saturated heterocycles. The maximum atomic E-state index is 5.03. The second kappa shape index (κ2) is 10.4. The van der Waals surface area contributed by atoms with Gasteiger partial charge in [-0.1, -0.05) is 55.6 Å². The van der Waals surface area contributed by atoms with Crippen molar-refractivity contribution >= 4 is 44.5 Å². The number of fused-ring (bicyclic) bond motifs is 2. The van der Waals surface area contributed by atoms with Gasteiger partial charge in [0.2, 0.25) is 0 Å². The maximum absolute atomic E-state index is 5.03. The first-order chi connectivity index (χ1) is 19.1. The normalized spacial score (nSPS) is 12.2. The Bertz CT molecular complexity index is 1870. The van der Waals surface area contributed by atoms with Gasteiger partial charge in [-0.05, 0) is 59.9 Å². The molecule has 0 unspecified atom stereocenters. The molecule has 5 aromatic heterocycles. The largest absolute Gasteiger partial charge is 0.356 e. The van der Waals surface area contributed by atoms with Crippen LogP contribution in [-0.2, 0) is 0 Å². The van der Waals surface area contributed by atoms with Gasteiger partial charge in [0, 0.05) is 33.4 Å². The summed E-state index contributed by atoms with van der Waals surface area (Å²) in [5, 5.41) is 14.3. The van der Waals surface area contributed by atoms with Crippen molar-refractivity contribution in [2.45, 2.75) is 6.92 Å². The van der Waals surface area contributed by atoms with E-state index in [-0.39, 0.29) is 0 Å². The van der Waals surface area contributed by atoms with Crippen molar-refractivity contribution in [1.82, 2.24) is 30.5 Å². The molecule has 0 amide bonds. The number of nitrogens with zero attached hydrogens (tertiary/aromatic N) is 3. The number of hydrogen-bond acceptors (Lipinski definition) is 5. The molecule has 0 atom stereocenters. The number of nitrogens with one attached hydrogen (secondary N) is 3. The zero-order valence-corrected chi connectivity index (χ0v) is 22.2. The maximum Gasteiger partial charge on any atom is 0.135 e. The summed E-state index contributed by atoms with van der Waals surface area (Å²) >= 11 is 1.70. The van der Waals surface area contributed by atoms with E-state index < -0.39 is 0 Å². The highest BCUT2D eigenvalue weighted by Gasteiger charge is 2.16. The molecule has 6 rings (SSSR count). The van der Waals surface area contributed by atoms with E-state index in [0.29, 0.717) is 0 Å². The van der Waals surface area contributed by atoms with Gasteiger partial charge in [-0.15, -0.1) is 11.3 Å². The molecule has 0 aliphatic heterocycles. The fourth-order valence-electron chi connectivity index (χ4n) is 4.56. The van der Waals surface area contributed by atoms with Crippen molar-refractivity contribution in [1.29, 1.82) is 0 Å². The second-order valence-electron chi connectivity index (χ2n) is 8.99. The third-order valence-electron chi connectivity index (χ3n) is 6.55. The van der Waals surface area contributed by atoms with Gasteiger partial charge in [-0.25, -0.2) is 4.98 Å². The lowest BCUT2D eigenvalue weighted by Gasteiger charge is -2.12. The van der Waals surface area contributed by atoms with Crippen LogP contribution in [0.25, 0.3) is 55.0 Å². The molecule has 190 valence electrons. The van der Waals surface area contributed by atoms with Gasteiger partial charge in [-0.3, -0.25) is 10.1 Å². The van der Waals surface area contributed by atoms with Crippen LogP contribution < -0.4 is 5.32 Å². The number of H-pyrrole nitrogens is 2. The summed E-state index contributed by atoms with van der Waals surface area (Å²) < 4.78 is 0. The zero-order valence-electron chi connectivity index (χ0n) is 21.4. The summed E-state index contributed by atoms with van der Waals surface area (Å²) in [4.78, 5) is 14.1. The van der Waals surface area contributed by atoms with Crippen molar-refractivity contribution in [3.8, 4) is 21.8 Å². The van der Waals surface area contributed by atoms with Crippen LogP contribution in [-0.4, -0.2) is 25.1 Å². The third-order valence-corrected chi connectivity index (χ3v) is 7.45. The Labute approximate surface area is 230 Å². The Morgan fingerprint density at radius 3 is 2.67 bits per heavy atom. The minimum absolute atomic E-state index is 0.763. The Morgan fingerprint density at radius 1 is 1.03 bits per heavy atom. The Morgan fingerprint density at radius 2 is 1.90 bits per heavy atom. The number of pyridine rings is 2. The van der Waals surface area contributed by atoms with Gasteiger partial charge in [-0.2, -0.15) is 5.10 Å². The SMILES string of the molecule is C=C/C(=C\C(=C/C)c1ccc2[nH]nc(-c3cc4c(-c5cccs5)cncc4[nH]3)c2n1)NC(=C)c1ccccc1. The Kier molecular flexibility index (Phi) is 6.49. The summed E-state index contributed by atoms with van der Waals surface area (Å²) in [6, 6.07) is 20.3. The predicted octanol–water partition coefficient (Wildman–Crippen LogP) is 7.96. The van der Waals surface area contributed by atoms with E-state index in [1.54, 1.807) is 17.4 Å². The first-order valence-corrected chi connectivity index (χ1v) is 13.4. The quantitative estimate of drug-likeness (QED) is 0.176. The van der Waals surface area contributed by atoms with Gasteiger partial charge >= 0.3 is 0 Å². The van der Waals surface area contributed by atoms with Crippen molar-refractivity contribution in [2.75, 3.05) is 0 Å². The smallest absolute Gasteiger partial charge is 0.135 e. The second-order valence-corrected chi connectivity index (χ2v) is 9.94. The van der Waals surface area contributed by atoms with Crippen LogP contribution >= 0.6 is 11.3 Å². The number of hydrogen-bond donors (Lipinski definition) is 3. The van der Waals surface area contributed by atoms with Gasteiger partial charge in [0.25, 0.3) is 0 Å². The zero-order chi connectivity index (χ0) is 26.8. The third kappa shape index (κ3) is 4.71. The number of benzene rings is 1. The Hall–Kier alpha value is -5.01. The highest BCUT2D eigenvalue weighted by molar-refractivity contribution is 7.13. The molecule has 5 heterocycles. The number of aromatic amines is 2. The minimum atomic E-state index is 0.763. The van der Waals surface area contributed by atoms with Crippen LogP contribution in [0, 0.1) is 0 Å². The van der Waals surface area contributed by atoms with E-state index in [0.717, 1.165) is 67.1 Å². The monoisotopic (exact) mass is 526 g/mol. The Balaban J connectivity index is 1.36. The van der Waals surface area contributed by atoms with Crippen LogP contribution in [0.3, 0.4) is 0 Å². The van der Waals surface area contributed by atoms with Crippen LogP contribution in [0.2, 0.25) is 0 Å². The molecule has 6 nitrogen and oxygen atoms in total. The highest BCUT2D eigenvalue weighted by Crippen LogP contribution is 2.35. The average molecular weight is 527 g/mol. The highest BCUT2D eigenvalue weighted by atomic mass is 32.1. The van der Waals surface area contributed by atoms with E-state index in [4.69, 9.17) is 4.98 Å². The molecule has 0 spiro atoms. The molecule has 3 N–H and O–H groups in total. The molecule has 0 radical (unpaired) electrons. The van der Waals surface area contributed by atoms with Crippen molar-refractivity contribution in [3.05, 3.63) is 127 Å². The van der Waals surface area contributed by atoms with E-state index in [2.05, 4.69) is 62.2 Å². The van der Waals surface area contributed by atoms with Crippen LogP contribution in [0.5, 0.6) is 0 Å². The first-order valence-electron chi connectivity index (χ1n) is 12.5. The molecular formula is C32H26N6S. The van der Waals surface area contributed by atoms with Gasteiger partial charge in [0.05, 0.1) is 28.6 Å². The molecule has 7 heteroatoms. The molecule has 0 aliphatic carbocycles. The van der Waals surface area contributed by atoms with Gasteiger partial charge < -0.3 is 10.3 Å². The average Bonchev–Trinajstić information content (AvgIpc) is 3.74. The van der Waals surface area contributed by atoms with Crippen molar-refractivity contribution < 1.29 is 0 Å². The molecular weight excluding hydrogens is 500 g/mol. The molecule has 0 aliphatic rings. The summed E-state index contributed by atoms with van der Waals surface area (Å²) in [5.41, 5.74) is 9.79. The molecule has 0 bridgehead atoms. The summed E-state index contributed by atoms with van der Waals surface area (Å²) in [7, 11) is 0. The first kappa shape index (κ1) is 24.3. The number of aromatic nitrogens is 5. The molecule has 0 saturated carbocycles. The van der Waals surface area contributed by atoms with Crippen molar-refractivity contribution in [2.24, 2.45) is 0 Å². The number of thiophene rings is 1. The minimum Gasteiger partial charge on any atom is -0.356 e. The van der Waals surface area contributed by atoms with Gasteiger partial charge in [0.15, 0.2) is 0 Å². The fourth-order valence-corrected chi connectivity index (χ4v) is 5.31. The topological polar surface area (TPSA) is 82.3 Å². The predicted molar refractivity (Wildman–Crippen MR) is 163 cm³/mol. The lowest BCUT2D eigenvalue weighted by atomic mass is 10.1. The van der Waals surface area contributed by atoms with Crippen LogP contribution in [0.4, 0.5) is 0 Å². The summed E-state index contributed by atoms with van der Waals surface area (Å²) in [5.74, 6) is 0. The van der Waals surface area contributed by atoms with E-state index in [1.165, 1.54) is 4.88 Å². The van der Waals surface area contributed by atoms with E-state index in [9.17, 15) is 0 Å². The standard InChI is InChI=1S/C32H26N6S/c1-4-21(16-23(5-2)34-20(3)22-10-7-6-8-11-22)26-13-14-27-31(36-26)32(38-37-27)28-17-24-25(30-12-9-15-39-30)18-33-19-29(24)35-28/h4-19,34-35H,2-3H2,1H3,(H,37,38)/b21-4+,23-16+. The lowest BCUT2D eigenvalue weighted by Crippen LogP contribution is -2.09. The molecule has 39 heavy (non-hydrogen) atoms. The summed E-state index contributed by atoms with van der Waals surface area (Å²) in [6.07, 6.45) is 9.60. The lowest BCUT2D eigenvalue weighted by molar-refractivity contribution is 1.12. The molecule has 0 fully saturated rings. The number of rotatable bonds is 8.